The summed E-state index contributed by atoms with van der Waals surface area (Å²) in [6.07, 6.45) is 1.30. The lowest BCUT2D eigenvalue weighted by molar-refractivity contribution is -0.428. The number of nitrogens with two attached hydrogens (primary N) is 1. The average molecular weight is 242 g/mol. The molecule has 0 unspecified atom stereocenters. The van der Waals surface area contributed by atoms with Gasteiger partial charge in [0.15, 0.2) is 0 Å². The van der Waals surface area contributed by atoms with E-state index >= 15 is 0 Å². The van der Waals surface area contributed by atoms with Gasteiger partial charge in [-0.05, 0) is 6.42 Å². The standard InChI is InChI=1S/C9H14N4O4/c1-2-3-4-17-9-11-7(14)5-6(13(15)16)8(10)12-9/h2-5,10H2,1H3,(H,11,12,14). The van der Waals surface area contributed by atoms with Gasteiger partial charge in [0.05, 0.1) is 11.5 Å². The summed E-state index contributed by atoms with van der Waals surface area (Å²) < 4.78 is 5.15. The van der Waals surface area contributed by atoms with Crippen LogP contribution in [-0.4, -0.2) is 23.5 Å². The highest BCUT2D eigenvalue weighted by Crippen LogP contribution is 2.10. The maximum atomic E-state index is 11.3. The number of carbonyl (C=O) groups is 1. The van der Waals surface area contributed by atoms with Gasteiger partial charge in [-0.1, -0.05) is 13.3 Å². The molecule has 0 bridgehead atoms. The first-order chi connectivity index (χ1) is 8.04. The van der Waals surface area contributed by atoms with Crippen molar-refractivity contribution in [1.82, 2.24) is 5.32 Å². The molecule has 8 heteroatoms. The van der Waals surface area contributed by atoms with Crippen LogP contribution in [0.15, 0.2) is 16.5 Å². The number of aliphatic imine (C=N–C) groups is 1. The summed E-state index contributed by atoms with van der Waals surface area (Å²) in [5.74, 6) is -0.868. The Morgan fingerprint density at radius 3 is 2.94 bits per heavy atom. The van der Waals surface area contributed by atoms with Crippen LogP contribution in [0, 0.1) is 10.1 Å². The zero-order chi connectivity index (χ0) is 12.8. The summed E-state index contributed by atoms with van der Waals surface area (Å²) in [6.45, 7) is 2.35. The van der Waals surface area contributed by atoms with Crippen molar-refractivity contribution in [1.29, 1.82) is 0 Å². The van der Waals surface area contributed by atoms with Gasteiger partial charge in [-0.25, -0.2) is 0 Å². The van der Waals surface area contributed by atoms with E-state index in [1.54, 1.807) is 0 Å². The minimum atomic E-state index is -0.715. The van der Waals surface area contributed by atoms with Crippen molar-refractivity contribution in [3.63, 3.8) is 0 Å². The minimum Gasteiger partial charge on any atom is -0.465 e. The van der Waals surface area contributed by atoms with Gasteiger partial charge >= 0.3 is 0 Å². The Hall–Kier alpha value is -2.12. The third kappa shape index (κ3) is 3.74. The molecule has 0 spiro atoms. The largest absolute Gasteiger partial charge is 0.465 e. The molecule has 1 aliphatic heterocycles. The van der Waals surface area contributed by atoms with E-state index in [2.05, 4.69) is 10.3 Å². The van der Waals surface area contributed by atoms with Crippen molar-refractivity contribution in [3.8, 4) is 0 Å². The van der Waals surface area contributed by atoms with Gasteiger partial charge in [0, 0.05) is 0 Å². The Balaban J connectivity index is 2.81. The molecule has 0 aromatic heterocycles. The quantitative estimate of drug-likeness (QED) is 0.411. The number of nitrogens with zero attached hydrogens (tertiary/aromatic N) is 2. The first-order valence-corrected chi connectivity index (χ1v) is 5.19. The van der Waals surface area contributed by atoms with E-state index in [1.165, 1.54) is 0 Å². The van der Waals surface area contributed by atoms with Crippen molar-refractivity contribution in [2.75, 3.05) is 6.61 Å². The van der Waals surface area contributed by atoms with E-state index in [0.717, 1.165) is 12.8 Å². The zero-order valence-corrected chi connectivity index (χ0v) is 9.43. The molecule has 1 aliphatic rings. The van der Waals surface area contributed by atoms with Crippen molar-refractivity contribution in [3.05, 3.63) is 21.6 Å². The number of unbranched alkanes of at least 4 members (excludes halogenated alkanes) is 1. The lowest BCUT2D eigenvalue weighted by Gasteiger charge is -2.06. The van der Waals surface area contributed by atoms with Crippen LogP contribution in [0.4, 0.5) is 0 Å². The summed E-state index contributed by atoms with van der Waals surface area (Å²) >= 11 is 0. The Labute approximate surface area is 97.7 Å². The number of carbonyl (C=O) groups excluding carboxylic acids is 1. The van der Waals surface area contributed by atoms with Crippen LogP contribution in [0.3, 0.4) is 0 Å². The van der Waals surface area contributed by atoms with Gasteiger partial charge in [0.1, 0.15) is 6.42 Å². The van der Waals surface area contributed by atoms with Gasteiger partial charge in [-0.2, -0.15) is 4.99 Å². The van der Waals surface area contributed by atoms with Crippen molar-refractivity contribution < 1.29 is 14.5 Å². The fraction of sp³-hybridized carbons (Fsp3) is 0.556. The molecule has 0 radical (unpaired) electrons. The van der Waals surface area contributed by atoms with E-state index < -0.39 is 22.9 Å². The van der Waals surface area contributed by atoms with Crippen LogP contribution >= 0.6 is 0 Å². The summed E-state index contributed by atoms with van der Waals surface area (Å²) in [6, 6.07) is -0.0854. The van der Waals surface area contributed by atoms with Crippen molar-refractivity contribution in [2.24, 2.45) is 10.7 Å². The molecule has 1 rings (SSSR count). The number of amides is 1. The number of nitrogens with one attached hydrogen (secondary N) is 1. The molecule has 0 aromatic carbocycles. The van der Waals surface area contributed by atoms with Gasteiger partial charge in [-0.15, -0.1) is 0 Å². The molecule has 3 N–H and O–H groups in total. The zero-order valence-electron chi connectivity index (χ0n) is 9.43. The monoisotopic (exact) mass is 242 g/mol. The smallest absolute Gasteiger partial charge is 0.298 e. The second-order valence-corrected chi connectivity index (χ2v) is 3.43. The molecule has 0 saturated heterocycles. The maximum Gasteiger partial charge on any atom is 0.298 e. The molecule has 0 aliphatic carbocycles. The maximum absolute atomic E-state index is 11.3. The highest BCUT2D eigenvalue weighted by atomic mass is 16.6. The predicted octanol–water partition coefficient (Wildman–Crippen LogP) is 0.0835. The number of nitro groups is 1. The SMILES string of the molecule is CCCCOC1=NC(N)=C([N+](=O)[O-])CC(=O)N1. The summed E-state index contributed by atoms with van der Waals surface area (Å²) in [5, 5.41) is 12.9. The molecule has 1 heterocycles. The minimum absolute atomic E-state index is 0.0854. The topological polar surface area (TPSA) is 120 Å². The Kier molecular flexibility index (Phi) is 4.44. The highest BCUT2D eigenvalue weighted by Gasteiger charge is 2.25. The van der Waals surface area contributed by atoms with Crippen LogP contribution in [-0.2, 0) is 9.53 Å². The third-order valence-electron chi connectivity index (χ3n) is 2.05. The van der Waals surface area contributed by atoms with Crippen LogP contribution in [0.2, 0.25) is 0 Å². The number of hydrogen-bond donors (Lipinski definition) is 2. The second kappa shape index (κ2) is 5.83. The van der Waals surface area contributed by atoms with Crippen molar-refractivity contribution >= 4 is 11.9 Å². The summed E-state index contributed by atoms with van der Waals surface area (Å²) in [5.41, 5.74) is 5.00. The van der Waals surface area contributed by atoms with Crippen molar-refractivity contribution in [2.45, 2.75) is 26.2 Å². The fourth-order valence-electron chi connectivity index (χ4n) is 1.15. The number of ether oxygens (including phenoxy) is 1. The average Bonchev–Trinajstić information content (AvgIpc) is 2.38. The number of hydrogen-bond acceptors (Lipinski definition) is 6. The highest BCUT2D eigenvalue weighted by molar-refractivity contribution is 5.96. The molecule has 0 fully saturated rings. The Bertz CT molecular complexity index is 388. The molecule has 17 heavy (non-hydrogen) atoms. The first kappa shape index (κ1) is 12.9. The van der Waals surface area contributed by atoms with Crippen LogP contribution in [0.1, 0.15) is 26.2 Å². The lowest BCUT2D eigenvalue weighted by Crippen LogP contribution is -2.32. The second-order valence-electron chi connectivity index (χ2n) is 3.43. The summed E-state index contributed by atoms with van der Waals surface area (Å²) in [4.78, 5) is 24.9. The summed E-state index contributed by atoms with van der Waals surface area (Å²) in [7, 11) is 0. The molecule has 0 aromatic rings. The van der Waals surface area contributed by atoms with Gasteiger partial charge in [0.25, 0.3) is 11.7 Å². The van der Waals surface area contributed by atoms with E-state index in [9.17, 15) is 14.9 Å². The molecular formula is C9H14N4O4. The van der Waals surface area contributed by atoms with E-state index in [0.29, 0.717) is 6.61 Å². The predicted molar refractivity (Wildman–Crippen MR) is 59.3 cm³/mol. The number of rotatable bonds is 4. The fourth-order valence-corrected chi connectivity index (χ4v) is 1.15. The molecular weight excluding hydrogens is 228 g/mol. The lowest BCUT2D eigenvalue weighted by atomic mass is 10.3. The Morgan fingerprint density at radius 1 is 1.65 bits per heavy atom. The van der Waals surface area contributed by atoms with Gasteiger partial charge in [-0.3, -0.25) is 20.2 Å². The molecule has 1 amide bonds. The van der Waals surface area contributed by atoms with E-state index in [-0.39, 0.29) is 11.8 Å². The first-order valence-electron chi connectivity index (χ1n) is 5.19. The normalized spacial score (nSPS) is 16.1. The van der Waals surface area contributed by atoms with Crippen LogP contribution < -0.4 is 11.1 Å². The van der Waals surface area contributed by atoms with Gasteiger partial charge < -0.3 is 10.5 Å². The van der Waals surface area contributed by atoms with E-state index in [4.69, 9.17) is 10.5 Å². The Morgan fingerprint density at radius 2 is 2.35 bits per heavy atom. The van der Waals surface area contributed by atoms with Gasteiger partial charge in [0.2, 0.25) is 11.7 Å². The molecule has 0 saturated carbocycles. The third-order valence-corrected chi connectivity index (χ3v) is 2.05. The van der Waals surface area contributed by atoms with Crippen LogP contribution in [0.25, 0.3) is 0 Å². The molecule has 8 nitrogen and oxygen atoms in total. The molecule has 94 valence electrons. The van der Waals surface area contributed by atoms with Crippen LogP contribution in [0.5, 0.6) is 0 Å². The number of amidine groups is 1. The van der Waals surface area contributed by atoms with E-state index in [1.807, 2.05) is 6.92 Å². The molecule has 0 atom stereocenters.